The van der Waals surface area contributed by atoms with E-state index in [1.165, 1.54) is 27.7 Å². The number of fused-ring (bicyclic) bond motifs is 1. The monoisotopic (exact) mass is 374 g/mol. The van der Waals surface area contributed by atoms with Gasteiger partial charge in [-0.2, -0.15) is 13.5 Å². The van der Waals surface area contributed by atoms with Gasteiger partial charge < -0.3 is 4.90 Å². The molecular weight excluding hydrogens is 360 g/mol. The van der Waals surface area contributed by atoms with E-state index in [0.29, 0.717) is 11.2 Å². The summed E-state index contributed by atoms with van der Waals surface area (Å²) in [6.07, 6.45) is 5.78. The van der Waals surface area contributed by atoms with Crippen molar-refractivity contribution in [2.24, 2.45) is 4.40 Å². The number of sulfonamides is 1. The van der Waals surface area contributed by atoms with Crippen LogP contribution >= 0.6 is 0 Å². The molecule has 10 nitrogen and oxygen atoms in total. The first kappa shape index (κ1) is 17.5. The van der Waals surface area contributed by atoms with E-state index in [2.05, 4.69) is 14.5 Å². The molecule has 0 spiro atoms. The highest BCUT2D eigenvalue weighted by molar-refractivity contribution is 7.90. The molecule has 3 aromatic rings. The Bertz CT molecular complexity index is 1120. The van der Waals surface area contributed by atoms with Crippen LogP contribution in [0.4, 0.5) is 5.69 Å². The van der Waals surface area contributed by atoms with Crippen LogP contribution in [0.1, 0.15) is 0 Å². The Balaban J connectivity index is 2.28. The molecule has 0 aliphatic carbocycles. The second kappa shape index (κ2) is 6.52. The van der Waals surface area contributed by atoms with E-state index < -0.39 is 14.9 Å². The molecule has 0 atom stereocenters. The van der Waals surface area contributed by atoms with Crippen molar-refractivity contribution in [3.63, 3.8) is 0 Å². The molecule has 0 radical (unpaired) electrons. The van der Waals surface area contributed by atoms with Crippen molar-refractivity contribution in [3.05, 3.63) is 53.0 Å². The molecule has 0 saturated heterocycles. The fraction of sp³-hybridized carbons (Fsp3) is 0.133. The summed E-state index contributed by atoms with van der Waals surface area (Å²) in [5.74, 6) is 0. The highest BCUT2D eigenvalue weighted by atomic mass is 32.2. The van der Waals surface area contributed by atoms with Crippen LogP contribution in [0.3, 0.4) is 0 Å². The van der Waals surface area contributed by atoms with Crippen molar-refractivity contribution in [3.8, 4) is 11.1 Å². The van der Waals surface area contributed by atoms with Crippen LogP contribution in [0.25, 0.3) is 16.8 Å². The minimum absolute atomic E-state index is 0.236. The number of benzene rings is 1. The summed E-state index contributed by atoms with van der Waals surface area (Å²) in [5, 5.41) is 15.2. The largest absolute Gasteiger partial charge is 0.368 e. The molecule has 0 amide bonds. The number of rotatable bonds is 5. The van der Waals surface area contributed by atoms with Gasteiger partial charge in [0.15, 0.2) is 5.65 Å². The van der Waals surface area contributed by atoms with Crippen molar-refractivity contribution < 1.29 is 13.3 Å². The first-order valence-electron chi connectivity index (χ1n) is 7.33. The van der Waals surface area contributed by atoms with Gasteiger partial charge in [0, 0.05) is 49.7 Å². The fourth-order valence-corrected chi connectivity index (χ4v) is 3.44. The zero-order valence-corrected chi connectivity index (χ0v) is 14.7. The number of non-ortho nitro benzene ring substituents is 1. The van der Waals surface area contributed by atoms with Crippen molar-refractivity contribution in [2.75, 3.05) is 14.1 Å². The molecule has 0 N–H and O–H groups in total. The van der Waals surface area contributed by atoms with Gasteiger partial charge in [-0.25, -0.2) is 9.50 Å². The van der Waals surface area contributed by atoms with Crippen LogP contribution < -0.4 is 0 Å². The van der Waals surface area contributed by atoms with Crippen molar-refractivity contribution >= 4 is 27.7 Å². The third-order valence-corrected chi connectivity index (χ3v) is 4.71. The Morgan fingerprint density at radius 1 is 1.31 bits per heavy atom. The average molecular weight is 374 g/mol. The van der Waals surface area contributed by atoms with Crippen LogP contribution in [-0.2, 0) is 10.0 Å². The Hall–Kier alpha value is -3.34. The molecule has 0 bridgehead atoms. The first-order chi connectivity index (χ1) is 12.3. The second-order valence-corrected chi connectivity index (χ2v) is 7.14. The van der Waals surface area contributed by atoms with Crippen LogP contribution in [-0.4, -0.2) is 53.3 Å². The zero-order valence-electron chi connectivity index (χ0n) is 13.8. The highest BCUT2D eigenvalue weighted by Gasteiger charge is 2.24. The minimum Gasteiger partial charge on any atom is -0.368 e. The number of nitro benzene ring substituents is 1. The smallest absolute Gasteiger partial charge is 0.284 e. The molecule has 26 heavy (non-hydrogen) atoms. The van der Waals surface area contributed by atoms with Crippen molar-refractivity contribution in [1.82, 2.24) is 19.5 Å². The highest BCUT2D eigenvalue weighted by Crippen LogP contribution is 2.33. The van der Waals surface area contributed by atoms with E-state index in [-0.39, 0.29) is 16.1 Å². The number of aromatic nitrogens is 3. The summed E-state index contributed by atoms with van der Waals surface area (Å²) in [7, 11) is -0.951. The maximum atomic E-state index is 12.7. The Labute approximate surface area is 148 Å². The number of hydrogen-bond donors (Lipinski definition) is 0. The molecule has 2 aromatic heterocycles. The summed E-state index contributed by atoms with van der Waals surface area (Å²) in [5.41, 5.74) is 0.741. The van der Waals surface area contributed by atoms with Gasteiger partial charge in [-0.1, -0.05) is 0 Å². The van der Waals surface area contributed by atoms with Gasteiger partial charge >= 0.3 is 0 Å². The Kier molecular flexibility index (Phi) is 4.38. The Morgan fingerprint density at radius 2 is 2.08 bits per heavy atom. The molecule has 0 unspecified atom stereocenters. The predicted octanol–water partition coefficient (Wildman–Crippen LogP) is 1.58. The molecule has 11 heteroatoms. The van der Waals surface area contributed by atoms with E-state index in [9.17, 15) is 18.5 Å². The van der Waals surface area contributed by atoms with Crippen LogP contribution in [0.15, 0.2) is 52.1 Å². The zero-order chi connectivity index (χ0) is 18.9. The summed E-state index contributed by atoms with van der Waals surface area (Å²) in [4.78, 5) is 15.8. The third-order valence-electron chi connectivity index (χ3n) is 3.44. The molecule has 0 saturated carbocycles. The quantitative estimate of drug-likeness (QED) is 0.287. The van der Waals surface area contributed by atoms with Crippen molar-refractivity contribution in [1.29, 1.82) is 0 Å². The molecule has 0 aliphatic heterocycles. The van der Waals surface area contributed by atoms with E-state index in [0.717, 1.165) is 12.4 Å². The average Bonchev–Trinajstić information content (AvgIpc) is 3.03. The summed E-state index contributed by atoms with van der Waals surface area (Å²) in [6.45, 7) is 0. The van der Waals surface area contributed by atoms with Crippen LogP contribution in [0, 0.1) is 10.1 Å². The SMILES string of the molecule is CN(C)/C=N/S(=O)(=O)c1cc([N+](=O)[O-])ccc1-c1cnn2cccnc12. The van der Waals surface area contributed by atoms with Gasteiger partial charge in [0.2, 0.25) is 0 Å². The van der Waals surface area contributed by atoms with Gasteiger partial charge in [-0.05, 0) is 12.1 Å². The normalized spacial score (nSPS) is 11.9. The maximum Gasteiger partial charge on any atom is 0.284 e. The number of nitrogens with zero attached hydrogens (tertiary/aromatic N) is 6. The number of nitro groups is 1. The Morgan fingerprint density at radius 3 is 2.77 bits per heavy atom. The van der Waals surface area contributed by atoms with Crippen LogP contribution in [0.5, 0.6) is 0 Å². The summed E-state index contributed by atoms with van der Waals surface area (Å²) in [6, 6.07) is 5.26. The van der Waals surface area contributed by atoms with Gasteiger partial charge in [0.1, 0.15) is 11.2 Å². The van der Waals surface area contributed by atoms with E-state index in [4.69, 9.17) is 0 Å². The topological polar surface area (TPSA) is 123 Å². The third kappa shape index (κ3) is 3.24. The summed E-state index contributed by atoms with van der Waals surface area (Å²) < 4.78 is 30.4. The lowest BCUT2D eigenvalue weighted by Crippen LogP contribution is -2.10. The van der Waals surface area contributed by atoms with Gasteiger partial charge in [0.05, 0.1) is 11.1 Å². The van der Waals surface area contributed by atoms with Crippen LogP contribution in [0.2, 0.25) is 0 Å². The lowest BCUT2D eigenvalue weighted by molar-refractivity contribution is -0.385. The molecule has 0 fully saturated rings. The molecule has 2 heterocycles. The van der Waals surface area contributed by atoms with E-state index >= 15 is 0 Å². The number of hydrogen-bond acceptors (Lipinski definition) is 6. The molecule has 3 rings (SSSR count). The lowest BCUT2D eigenvalue weighted by atomic mass is 10.1. The lowest BCUT2D eigenvalue weighted by Gasteiger charge is -2.08. The standard InChI is InChI=1S/C15H14N6O4S/c1-19(2)10-18-26(24,25)14-8-11(21(22)23)4-5-12(14)13-9-17-20-7-3-6-16-15(13)20/h3-10H,1-2H3/b18-10+. The molecule has 0 aliphatic rings. The fourth-order valence-electron chi connectivity index (χ4n) is 2.29. The van der Waals surface area contributed by atoms with Gasteiger partial charge in [-0.3, -0.25) is 10.1 Å². The van der Waals surface area contributed by atoms with Crippen molar-refractivity contribution in [2.45, 2.75) is 4.90 Å². The molecular formula is C15H14N6O4S. The van der Waals surface area contributed by atoms with E-state index in [1.807, 2.05) is 0 Å². The molecule has 1 aromatic carbocycles. The molecule has 134 valence electrons. The van der Waals surface area contributed by atoms with E-state index in [1.54, 1.807) is 32.6 Å². The second-order valence-electron chi connectivity index (χ2n) is 5.54. The summed E-state index contributed by atoms with van der Waals surface area (Å²) >= 11 is 0. The van der Waals surface area contributed by atoms with Gasteiger partial charge in [0.25, 0.3) is 15.7 Å². The minimum atomic E-state index is -4.18. The first-order valence-corrected chi connectivity index (χ1v) is 8.77. The maximum absolute atomic E-state index is 12.7. The van der Waals surface area contributed by atoms with Gasteiger partial charge in [-0.15, -0.1) is 4.40 Å². The predicted molar refractivity (Wildman–Crippen MR) is 94.4 cm³/mol.